The number of nitrogens with one attached hydrogen (secondary N) is 2. The number of carbonyl (C=O) groups is 3. The molecule has 2 atom stereocenters. The molecule has 0 spiro atoms. The summed E-state index contributed by atoms with van der Waals surface area (Å²) in [6.45, 7) is 6.43. The van der Waals surface area contributed by atoms with E-state index in [2.05, 4.69) is 29.5 Å². The summed E-state index contributed by atoms with van der Waals surface area (Å²) in [5, 5.41) is 13.9. The number of nitrogens with zero attached hydrogens (tertiary/aromatic N) is 1. The van der Waals surface area contributed by atoms with E-state index in [0.717, 1.165) is 12.8 Å². The minimum atomic E-state index is -1.04. The minimum absolute atomic E-state index is 0.0132. The van der Waals surface area contributed by atoms with Gasteiger partial charge in [-0.15, -0.1) is 0 Å². The van der Waals surface area contributed by atoms with E-state index in [9.17, 15) is 19.2 Å². The molecule has 0 aromatic heterocycles. The number of Topliss-reactive ketones (excluding diaryl/α,β-unsaturated/α-hetero) is 1. The van der Waals surface area contributed by atoms with Crippen LogP contribution in [0.3, 0.4) is 0 Å². The molecule has 2 amide bonds. The van der Waals surface area contributed by atoms with E-state index >= 15 is 0 Å². The highest BCUT2D eigenvalue weighted by atomic mass is 16.4. The van der Waals surface area contributed by atoms with E-state index in [1.165, 1.54) is 0 Å². The highest BCUT2D eigenvalue weighted by Crippen LogP contribution is 2.46. The number of carbonyl (C=O) groups excluding carboxylic acids is 3. The molecule has 0 bridgehead atoms. The average Bonchev–Trinajstić information content (AvgIpc) is 2.47. The number of amides is 2. The lowest BCUT2D eigenvalue weighted by Gasteiger charge is -2.46. The maximum atomic E-state index is 12.0. The Morgan fingerprint density at radius 3 is 2.48 bits per heavy atom. The van der Waals surface area contributed by atoms with Gasteiger partial charge in [0.2, 0.25) is 6.08 Å². The van der Waals surface area contributed by atoms with Crippen molar-refractivity contribution >= 4 is 23.9 Å². The lowest BCUT2D eigenvalue weighted by Crippen LogP contribution is -2.51. The summed E-state index contributed by atoms with van der Waals surface area (Å²) in [5.41, 5.74) is -0.213. The number of ketones is 1. The monoisotopic (exact) mass is 353 g/mol. The van der Waals surface area contributed by atoms with E-state index in [1.807, 2.05) is 6.92 Å². The van der Waals surface area contributed by atoms with Crippen molar-refractivity contribution in [1.29, 1.82) is 0 Å². The lowest BCUT2D eigenvalue weighted by atomic mass is 9.62. The van der Waals surface area contributed by atoms with Crippen molar-refractivity contribution in [2.75, 3.05) is 13.1 Å². The molecule has 1 rings (SSSR count). The molecule has 1 fully saturated rings. The van der Waals surface area contributed by atoms with Crippen LogP contribution in [0.25, 0.3) is 0 Å². The lowest BCUT2D eigenvalue weighted by molar-refractivity contribution is -0.138. The number of rotatable bonds is 8. The van der Waals surface area contributed by atoms with Gasteiger partial charge in [-0.1, -0.05) is 20.8 Å². The summed E-state index contributed by atoms with van der Waals surface area (Å²) in [5.74, 6) is -1.37. The molecule has 140 valence electrons. The number of carboxylic acids is 1. The van der Waals surface area contributed by atoms with E-state index in [-0.39, 0.29) is 42.0 Å². The number of isocyanates is 1. The summed E-state index contributed by atoms with van der Waals surface area (Å²) in [6, 6.07) is -0.544. The van der Waals surface area contributed by atoms with Crippen LogP contribution < -0.4 is 10.6 Å². The van der Waals surface area contributed by atoms with Gasteiger partial charge in [0, 0.05) is 12.5 Å². The molecule has 8 nitrogen and oxygen atoms in total. The van der Waals surface area contributed by atoms with Gasteiger partial charge in [0.1, 0.15) is 0 Å². The number of aliphatic imine (C=N–C) groups is 1. The third-order valence-electron chi connectivity index (χ3n) is 4.37. The second-order valence-electron chi connectivity index (χ2n) is 7.92. The van der Waals surface area contributed by atoms with Crippen molar-refractivity contribution in [3.05, 3.63) is 0 Å². The molecule has 0 aliphatic heterocycles. The third kappa shape index (κ3) is 7.94. The Kier molecular flexibility index (Phi) is 7.30. The fraction of sp³-hybridized carbons (Fsp3) is 0.765. The van der Waals surface area contributed by atoms with Crippen LogP contribution in [0.15, 0.2) is 4.99 Å². The number of aliphatic carboxylic acids is 1. The molecule has 3 N–H and O–H groups in total. The fourth-order valence-corrected chi connectivity index (χ4v) is 3.83. The molecule has 1 aliphatic carbocycles. The largest absolute Gasteiger partial charge is 0.481 e. The van der Waals surface area contributed by atoms with Gasteiger partial charge in [0.25, 0.3) is 0 Å². The first-order valence-corrected chi connectivity index (χ1v) is 8.37. The zero-order chi connectivity index (χ0) is 19.1. The number of hydrogen-bond donors (Lipinski definition) is 3. The molecular weight excluding hydrogens is 326 g/mol. The number of urea groups is 1. The van der Waals surface area contributed by atoms with E-state index in [4.69, 9.17) is 5.11 Å². The van der Waals surface area contributed by atoms with Crippen molar-refractivity contribution < 1.29 is 24.3 Å². The maximum Gasteiger partial charge on any atom is 0.315 e. The standard InChI is InChI=1S/C17H27N3O5/c1-16(2)6-12(7-17(3,9-16)10-18-11-21)20-15(25)19-8-13(22)4-5-14(23)24/h12H,4-10H2,1-3H3,(H,23,24)(H2,19,20,25). The van der Waals surface area contributed by atoms with Crippen LogP contribution in [0, 0.1) is 10.8 Å². The van der Waals surface area contributed by atoms with Gasteiger partial charge < -0.3 is 15.7 Å². The van der Waals surface area contributed by atoms with Crippen molar-refractivity contribution in [3.8, 4) is 0 Å². The quantitative estimate of drug-likeness (QED) is 0.452. The fourth-order valence-electron chi connectivity index (χ4n) is 3.83. The first kappa shape index (κ1) is 20.8. The van der Waals surface area contributed by atoms with Gasteiger partial charge >= 0.3 is 12.0 Å². The Morgan fingerprint density at radius 1 is 1.20 bits per heavy atom. The summed E-state index contributed by atoms with van der Waals surface area (Å²) >= 11 is 0. The van der Waals surface area contributed by atoms with Gasteiger partial charge in [-0.3, -0.25) is 9.59 Å². The summed E-state index contributed by atoms with van der Waals surface area (Å²) in [4.78, 5) is 48.1. The van der Waals surface area contributed by atoms with Crippen LogP contribution in [0.1, 0.15) is 52.9 Å². The zero-order valence-electron chi connectivity index (χ0n) is 15.1. The van der Waals surface area contributed by atoms with Crippen molar-refractivity contribution in [1.82, 2.24) is 10.6 Å². The third-order valence-corrected chi connectivity index (χ3v) is 4.37. The highest BCUT2D eigenvalue weighted by molar-refractivity contribution is 5.87. The van der Waals surface area contributed by atoms with Crippen molar-refractivity contribution in [2.24, 2.45) is 15.8 Å². The van der Waals surface area contributed by atoms with Gasteiger partial charge in [-0.2, -0.15) is 0 Å². The van der Waals surface area contributed by atoms with Gasteiger partial charge in [-0.05, 0) is 30.1 Å². The van der Waals surface area contributed by atoms with Crippen molar-refractivity contribution in [2.45, 2.75) is 58.9 Å². The number of carboxylic acid groups (broad SMARTS) is 1. The zero-order valence-corrected chi connectivity index (χ0v) is 15.1. The van der Waals surface area contributed by atoms with Crippen LogP contribution in [-0.4, -0.2) is 48.1 Å². The summed E-state index contributed by atoms with van der Waals surface area (Å²) in [7, 11) is 0. The van der Waals surface area contributed by atoms with Gasteiger partial charge in [0.15, 0.2) is 5.78 Å². The maximum absolute atomic E-state index is 12.0. The van der Waals surface area contributed by atoms with Crippen LogP contribution in [0.4, 0.5) is 4.79 Å². The first-order valence-electron chi connectivity index (χ1n) is 8.37. The molecule has 0 radical (unpaired) electrons. The van der Waals surface area contributed by atoms with Gasteiger partial charge in [0.05, 0.1) is 19.5 Å². The van der Waals surface area contributed by atoms with Gasteiger partial charge in [-0.25, -0.2) is 14.6 Å². The van der Waals surface area contributed by atoms with Crippen molar-refractivity contribution in [3.63, 3.8) is 0 Å². The summed E-state index contributed by atoms with van der Waals surface area (Å²) in [6.07, 6.45) is 3.58. The Balaban J connectivity index is 2.53. The molecular formula is C17H27N3O5. The average molecular weight is 353 g/mol. The second kappa shape index (κ2) is 8.76. The molecule has 0 heterocycles. The number of hydrogen-bond acceptors (Lipinski definition) is 5. The van der Waals surface area contributed by atoms with Crippen LogP contribution in [0.2, 0.25) is 0 Å². The second-order valence-corrected chi connectivity index (χ2v) is 7.92. The molecule has 0 aromatic carbocycles. The van der Waals surface area contributed by atoms with Crippen LogP contribution in [-0.2, 0) is 14.4 Å². The molecule has 25 heavy (non-hydrogen) atoms. The van der Waals surface area contributed by atoms with E-state index < -0.39 is 12.0 Å². The molecule has 1 saturated carbocycles. The Morgan fingerprint density at radius 2 is 1.88 bits per heavy atom. The van der Waals surface area contributed by atoms with E-state index in [0.29, 0.717) is 13.0 Å². The highest BCUT2D eigenvalue weighted by Gasteiger charge is 2.41. The Bertz CT molecular complexity index is 569. The Hall–Kier alpha value is -2.21. The predicted octanol–water partition coefficient (Wildman–Crippen LogP) is 1.64. The Labute approximate surface area is 147 Å². The molecule has 0 aromatic rings. The predicted molar refractivity (Wildman–Crippen MR) is 90.9 cm³/mol. The first-order chi connectivity index (χ1) is 11.6. The van der Waals surface area contributed by atoms with Crippen LogP contribution in [0.5, 0.6) is 0 Å². The summed E-state index contributed by atoms with van der Waals surface area (Å²) < 4.78 is 0. The van der Waals surface area contributed by atoms with Crippen LogP contribution >= 0.6 is 0 Å². The molecule has 2 unspecified atom stereocenters. The minimum Gasteiger partial charge on any atom is -0.481 e. The molecule has 1 aliphatic rings. The topological polar surface area (TPSA) is 125 Å². The molecule has 0 saturated heterocycles. The smallest absolute Gasteiger partial charge is 0.315 e. The molecule has 8 heteroatoms. The normalized spacial score (nSPS) is 24.7. The SMILES string of the molecule is CC1(C)CC(NC(=O)NCC(=O)CCC(=O)O)CC(C)(CN=C=O)C1. The van der Waals surface area contributed by atoms with E-state index in [1.54, 1.807) is 6.08 Å².